The molecule has 1 aliphatic rings. The van der Waals surface area contributed by atoms with Crippen molar-refractivity contribution in [1.82, 2.24) is 0 Å². The van der Waals surface area contributed by atoms with Gasteiger partial charge in [-0.1, -0.05) is 48.2 Å². The second-order valence-corrected chi connectivity index (χ2v) is 5.57. The zero-order valence-electron chi connectivity index (χ0n) is 12.9. The smallest absolute Gasteiger partial charge is 0.306 e. The highest BCUT2D eigenvalue weighted by Gasteiger charge is 2.21. The van der Waals surface area contributed by atoms with E-state index in [1.165, 1.54) is 0 Å². The molecule has 2 aromatic rings. The number of carbonyl (C=O) groups is 1. The van der Waals surface area contributed by atoms with Crippen molar-refractivity contribution in [3.8, 4) is 11.8 Å². The highest BCUT2D eigenvalue weighted by atomic mass is 16.5. The highest BCUT2D eigenvalue weighted by Crippen LogP contribution is 2.28. The van der Waals surface area contributed by atoms with Gasteiger partial charge in [-0.3, -0.25) is 4.79 Å². The number of carbonyl (C=O) groups excluding carboxylic acids is 1. The molecule has 2 N–H and O–H groups in total. The summed E-state index contributed by atoms with van der Waals surface area (Å²) in [5.41, 5.74) is 9.45. The quantitative estimate of drug-likeness (QED) is 0.698. The van der Waals surface area contributed by atoms with Gasteiger partial charge in [0.25, 0.3) is 0 Å². The minimum absolute atomic E-state index is 0.207. The first-order valence-corrected chi connectivity index (χ1v) is 7.86. The molecule has 0 radical (unpaired) electrons. The summed E-state index contributed by atoms with van der Waals surface area (Å²) in [5.74, 6) is 6.22. The second-order valence-electron chi connectivity index (χ2n) is 5.57. The Morgan fingerprint density at radius 1 is 1.09 bits per heavy atom. The first kappa shape index (κ1) is 15.3. The van der Waals surface area contributed by atoms with Crippen molar-refractivity contribution in [3.05, 3.63) is 70.8 Å². The fourth-order valence-electron chi connectivity index (χ4n) is 2.73. The zero-order chi connectivity index (χ0) is 16.1. The van der Waals surface area contributed by atoms with E-state index in [1.54, 1.807) is 0 Å². The van der Waals surface area contributed by atoms with Crippen molar-refractivity contribution in [2.75, 3.05) is 6.54 Å². The van der Waals surface area contributed by atoms with Gasteiger partial charge in [0, 0.05) is 29.5 Å². The summed E-state index contributed by atoms with van der Waals surface area (Å²) in [6, 6.07) is 15.9. The van der Waals surface area contributed by atoms with Crippen LogP contribution < -0.4 is 5.73 Å². The third-order valence-electron chi connectivity index (χ3n) is 3.92. The third-order valence-corrected chi connectivity index (χ3v) is 3.92. The molecule has 3 rings (SSSR count). The Balaban J connectivity index is 1.96. The van der Waals surface area contributed by atoms with Crippen molar-refractivity contribution in [1.29, 1.82) is 0 Å². The molecule has 3 nitrogen and oxygen atoms in total. The molecule has 0 fully saturated rings. The van der Waals surface area contributed by atoms with Gasteiger partial charge in [-0.15, -0.1) is 0 Å². The molecule has 1 atom stereocenters. The molecule has 2 aromatic carbocycles. The molecule has 0 saturated carbocycles. The Morgan fingerprint density at radius 2 is 1.78 bits per heavy atom. The van der Waals surface area contributed by atoms with Crippen molar-refractivity contribution in [2.45, 2.75) is 25.4 Å². The summed E-state index contributed by atoms with van der Waals surface area (Å²) in [4.78, 5) is 12.1. The molecule has 0 saturated heterocycles. The van der Waals surface area contributed by atoms with Crippen LogP contribution in [0.3, 0.4) is 0 Å². The molecule has 1 aliphatic carbocycles. The molecule has 0 heterocycles. The molecule has 0 amide bonds. The first-order chi connectivity index (χ1) is 11.3. The van der Waals surface area contributed by atoms with Gasteiger partial charge < -0.3 is 10.5 Å². The topological polar surface area (TPSA) is 52.3 Å². The van der Waals surface area contributed by atoms with Crippen LogP contribution in [-0.2, 0) is 16.0 Å². The largest absolute Gasteiger partial charge is 0.457 e. The van der Waals surface area contributed by atoms with Crippen LogP contribution in [0.5, 0.6) is 0 Å². The predicted octanol–water partition coefficient (Wildman–Crippen LogP) is 2.97. The van der Waals surface area contributed by atoms with Crippen LogP contribution >= 0.6 is 0 Å². The van der Waals surface area contributed by atoms with Gasteiger partial charge >= 0.3 is 5.97 Å². The zero-order valence-corrected chi connectivity index (χ0v) is 12.9. The maximum absolute atomic E-state index is 12.1. The molecule has 3 heteroatoms. The monoisotopic (exact) mass is 305 g/mol. The van der Waals surface area contributed by atoms with Crippen LogP contribution in [-0.4, -0.2) is 12.5 Å². The van der Waals surface area contributed by atoms with Gasteiger partial charge in [0.15, 0.2) is 0 Å². The minimum atomic E-state index is -0.313. The lowest BCUT2D eigenvalue weighted by Crippen LogP contribution is -2.17. The molecule has 0 spiro atoms. The minimum Gasteiger partial charge on any atom is -0.457 e. The fraction of sp³-hybridized carbons (Fsp3) is 0.250. The molecule has 0 aliphatic heterocycles. The number of rotatable bonds is 4. The molecular formula is C20H19NO2. The van der Waals surface area contributed by atoms with E-state index >= 15 is 0 Å². The Labute approximate surface area is 136 Å². The van der Waals surface area contributed by atoms with E-state index in [0.29, 0.717) is 25.8 Å². The van der Waals surface area contributed by atoms with Crippen LogP contribution in [0.2, 0.25) is 0 Å². The first-order valence-electron chi connectivity index (χ1n) is 7.86. The number of hydrogen-bond acceptors (Lipinski definition) is 3. The van der Waals surface area contributed by atoms with E-state index in [4.69, 9.17) is 10.5 Å². The average Bonchev–Trinajstić information content (AvgIpc) is 2.57. The fourth-order valence-corrected chi connectivity index (χ4v) is 2.73. The number of hydrogen-bond donors (Lipinski definition) is 1. The van der Waals surface area contributed by atoms with E-state index in [1.807, 2.05) is 48.5 Å². The van der Waals surface area contributed by atoms with E-state index in [0.717, 1.165) is 22.3 Å². The average molecular weight is 305 g/mol. The molecular weight excluding hydrogens is 286 g/mol. The molecule has 0 bridgehead atoms. The summed E-state index contributed by atoms with van der Waals surface area (Å²) in [6.07, 6.45) is 1.31. The van der Waals surface area contributed by atoms with Crippen LogP contribution in [0.25, 0.3) is 0 Å². The number of fused-ring (bicyclic) bond motifs is 2. The Bertz CT molecular complexity index is 770. The van der Waals surface area contributed by atoms with Crippen LogP contribution in [0.1, 0.15) is 41.2 Å². The predicted molar refractivity (Wildman–Crippen MR) is 89.7 cm³/mol. The lowest BCUT2D eigenvalue weighted by molar-refractivity contribution is -0.149. The maximum atomic E-state index is 12.1. The van der Waals surface area contributed by atoms with Gasteiger partial charge in [-0.05, 0) is 30.7 Å². The van der Waals surface area contributed by atoms with Gasteiger partial charge in [-0.2, -0.15) is 0 Å². The van der Waals surface area contributed by atoms with Crippen LogP contribution in [0.4, 0.5) is 0 Å². The molecule has 1 unspecified atom stereocenters. The summed E-state index contributed by atoms with van der Waals surface area (Å²) in [7, 11) is 0. The lowest BCUT2D eigenvalue weighted by atomic mass is 9.92. The van der Waals surface area contributed by atoms with E-state index in [9.17, 15) is 4.79 Å². The summed E-state index contributed by atoms with van der Waals surface area (Å²) in [6.45, 7) is 0.491. The summed E-state index contributed by atoms with van der Waals surface area (Å²) in [5, 5.41) is 0. The second kappa shape index (κ2) is 7.13. The summed E-state index contributed by atoms with van der Waals surface area (Å²) >= 11 is 0. The van der Waals surface area contributed by atoms with Gasteiger partial charge in [0.1, 0.15) is 6.10 Å². The third kappa shape index (κ3) is 3.61. The number of esters is 1. The maximum Gasteiger partial charge on any atom is 0.306 e. The number of benzene rings is 2. The van der Waals surface area contributed by atoms with Crippen molar-refractivity contribution in [3.63, 3.8) is 0 Å². The molecule has 0 aromatic heterocycles. The standard InChI is InChI=1S/C20H19NO2/c21-13-5-10-20(22)23-19-14-17-8-2-1-6-15(17)11-12-16-7-3-4-9-18(16)19/h1-4,6-9,19H,5,10,13-14,21H2. The van der Waals surface area contributed by atoms with Gasteiger partial charge in [-0.25, -0.2) is 0 Å². The van der Waals surface area contributed by atoms with E-state index < -0.39 is 0 Å². The van der Waals surface area contributed by atoms with Crippen molar-refractivity contribution in [2.24, 2.45) is 5.73 Å². The highest BCUT2D eigenvalue weighted by molar-refractivity contribution is 5.70. The molecule has 23 heavy (non-hydrogen) atoms. The Morgan fingerprint density at radius 3 is 2.61 bits per heavy atom. The van der Waals surface area contributed by atoms with E-state index in [2.05, 4.69) is 11.8 Å². The SMILES string of the molecule is NCCCC(=O)OC1Cc2ccccc2C#Cc2ccccc21. The summed E-state index contributed by atoms with van der Waals surface area (Å²) < 4.78 is 5.75. The lowest BCUT2D eigenvalue weighted by Gasteiger charge is -2.21. The Hall–Kier alpha value is -2.57. The van der Waals surface area contributed by atoms with Crippen LogP contribution in [0.15, 0.2) is 48.5 Å². The Kier molecular flexibility index (Phi) is 4.75. The number of nitrogens with two attached hydrogens (primary N) is 1. The molecule has 116 valence electrons. The van der Waals surface area contributed by atoms with Gasteiger partial charge in [0.05, 0.1) is 0 Å². The normalized spacial score (nSPS) is 15.3. The number of ether oxygens (including phenoxy) is 1. The van der Waals surface area contributed by atoms with Crippen molar-refractivity contribution < 1.29 is 9.53 Å². The van der Waals surface area contributed by atoms with Crippen molar-refractivity contribution >= 4 is 5.97 Å². The van der Waals surface area contributed by atoms with E-state index in [-0.39, 0.29) is 12.1 Å². The van der Waals surface area contributed by atoms with Gasteiger partial charge in [0.2, 0.25) is 0 Å². The van der Waals surface area contributed by atoms with Crippen LogP contribution in [0, 0.1) is 11.8 Å².